The molecule has 0 amide bonds. The van der Waals surface area contributed by atoms with Crippen molar-refractivity contribution in [1.82, 2.24) is 9.88 Å². The Morgan fingerprint density at radius 3 is 1.94 bits per heavy atom. The fourth-order valence-electron chi connectivity index (χ4n) is 1.98. The molecule has 0 radical (unpaired) electrons. The Bertz CT molecular complexity index is 251. The highest BCUT2D eigenvalue weighted by molar-refractivity contribution is 5.16. The molecule has 0 saturated carbocycles. The lowest BCUT2D eigenvalue weighted by Crippen LogP contribution is -2.29. The average Bonchev–Trinajstić information content (AvgIpc) is 2.45. The molecule has 0 bridgehead atoms. The zero-order chi connectivity index (χ0) is 13.1. The van der Waals surface area contributed by atoms with Gasteiger partial charge in [0, 0.05) is 12.4 Å². The number of hydrogen-bond acceptors (Lipinski definition) is 2. The maximum absolute atomic E-state index is 4.04. The number of likely N-dealkylation sites (tertiary alicyclic amines) is 1. The second-order valence-corrected chi connectivity index (χ2v) is 3.86. The van der Waals surface area contributed by atoms with E-state index in [2.05, 4.69) is 29.1 Å². The van der Waals surface area contributed by atoms with E-state index in [1.165, 1.54) is 31.5 Å². The molecule has 2 rings (SSSR count). The van der Waals surface area contributed by atoms with E-state index in [-0.39, 0.29) is 0 Å². The molecular formula is C15H28N2. The van der Waals surface area contributed by atoms with Crippen LogP contribution in [0.15, 0.2) is 24.5 Å². The quantitative estimate of drug-likeness (QED) is 0.734. The van der Waals surface area contributed by atoms with Crippen molar-refractivity contribution in [2.24, 2.45) is 0 Å². The molecule has 2 heterocycles. The Balaban J connectivity index is 0.000000581. The van der Waals surface area contributed by atoms with Crippen molar-refractivity contribution in [3.63, 3.8) is 0 Å². The summed E-state index contributed by atoms with van der Waals surface area (Å²) in [4.78, 5) is 6.45. The molecule has 2 heteroatoms. The molecule has 1 fully saturated rings. The van der Waals surface area contributed by atoms with E-state index >= 15 is 0 Å². The van der Waals surface area contributed by atoms with Crippen LogP contribution < -0.4 is 0 Å². The largest absolute Gasteiger partial charge is 0.306 e. The second-order valence-electron chi connectivity index (χ2n) is 3.86. The summed E-state index contributed by atoms with van der Waals surface area (Å²) >= 11 is 0. The van der Waals surface area contributed by atoms with Crippen LogP contribution in [0.2, 0.25) is 0 Å². The predicted molar refractivity (Wildman–Crippen MR) is 76.4 cm³/mol. The molecule has 0 unspecified atom stereocenters. The number of aromatic nitrogens is 1. The highest BCUT2D eigenvalue weighted by atomic mass is 15.1. The van der Waals surface area contributed by atoms with Gasteiger partial charge in [0.15, 0.2) is 0 Å². The highest BCUT2D eigenvalue weighted by Gasteiger charge is 2.17. The van der Waals surface area contributed by atoms with E-state index in [1.54, 1.807) is 0 Å². The third-order valence-electron chi connectivity index (χ3n) is 2.90. The van der Waals surface area contributed by atoms with Crippen molar-refractivity contribution in [2.75, 3.05) is 20.1 Å². The van der Waals surface area contributed by atoms with Crippen molar-refractivity contribution in [3.05, 3.63) is 30.1 Å². The number of hydrogen-bond donors (Lipinski definition) is 0. The maximum Gasteiger partial charge on any atom is 0.0270 e. The van der Waals surface area contributed by atoms with Crippen molar-refractivity contribution < 1.29 is 0 Å². The van der Waals surface area contributed by atoms with Gasteiger partial charge in [-0.3, -0.25) is 4.98 Å². The molecule has 17 heavy (non-hydrogen) atoms. The van der Waals surface area contributed by atoms with Gasteiger partial charge in [-0.15, -0.1) is 0 Å². The van der Waals surface area contributed by atoms with E-state index < -0.39 is 0 Å². The topological polar surface area (TPSA) is 16.1 Å². The summed E-state index contributed by atoms with van der Waals surface area (Å²) in [6, 6.07) is 4.30. The lowest BCUT2D eigenvalue weighted by molar-refractivity contribution is 0.255. The highest BCUT2D eigenvalue weighted by Crippen LogP contribution is 2.26. The predicted octanol–water partition coefficient (Wildman–Crippen LogP) is 3.94. The van der Waals surface area contributed by atoms with Gasteiger partial charge in [0.1, 0.15) is 0 Å². The molecule has 2 nitrogen and oxygen atoms in total. The molecule has 0 N–H and O–H groups in total. The molecule has 1 aliphatic rings. The summed E-state index contributed by atoms with van der Waals surface area (Å²) < 4.78 is 0. The van der Waals surface area contributed by atoms with Gasteiger partial charge in [0.05, 0.1) is 0 Å². The van der Waals surface area contributed by atoms with Crippen LogP contribution in [-0.4, -0.2) is 30.0 Å². The Labute approximate surface area is 107 Å². The summed E-state index contributed by atoms with van der Waals surface area (Å²) in [5, 5.41) is 0. The van der Waals surface area contributed by atoms with E-state index in [4.69, 9.17) is 0 Å². The SMILES string of the molecule is CC.CC.CN1CCC(c2ccncc2)CC1. The van der Waals surface area contributed by atoms with Gasteiger partial charge >= 0.3 is 0 Å². The standard InChI is InChI=1S/C11H16N2.2C2H6/c1-13-8-4-11(5-9-13)10-2-6-12-7-3-10;2*1-2/h2-3,6-7,11H,4-5,8-9H2,1H3;2*1-2H3. The lowest BCUT2D eigenvalue weighted by atomic mass is 9.90. The fraction of sp³-hybridized carbons (Fsp3) is 0.667. The molecule has 0 spiro atoms. The summed E-state index contributed by atoms with van der Waals surface area (Å²) in [7, 11) is 2.20. The zero-order valence-electron chi connectivity index (χ0n) is 12.1. The first kappa shape index (κ1) is 16.1. The molecule has 1 aromatic heterocycles. The summed E-state index contributed by atoms with van der Waals surface area (Å²) in [6.45, 7) is 10.5. The van der Waals surface area contributed by atoms with Gasteiger partial charge in [0.25, 0.3) is 0 Å². The Morgan fingerprint density at radius 2 is 1.47 bits per heavy atom. The van der Waals surface area contributed by atoms with Crippen molar-refractivity contribution in [1.29, 1.82) is 0 Å². The number of rotatable bonds is 1. The Kier molecular flexibility index (Phi) is 9.74. The third kappa shape index (κ3) is 5.83. The van der Waals surface area contributed by atoms with Crippen molar-refractivity contribution in [3.8, 4) is 0 Å². The van der Waals surface area contributed by atoms with Crippen LogP contribution in [0.5, 0.6) is 0 Å². The lowest BCUT2D eigenvalue weighted by Gasteiger charge is -2.28. The Morgan fingerprint density at radius 1 is 1.00 bits per heavy atom. The number of piperidine rings is 1. The van der Waals surface area contributed by atoms with Crippen LogP contribution in [0.1, 0.15) is 52.0 Å². The van der Waals surface area contributed by atoms with Crippen molar-refractivity contribution in [2.45, 2.75) is 46.5 Å². The molecular weight excluding hydrogens is 208 g/mol. The van der Waals surface area contributed by atoms with Crippen molar-refractivity contribution >= 4 is 0 Å². The van der Waals surface area contributed by atoms with Crippen LogP contribution in [-0.2, 0) is 0 Å². The summed E-state index contributed by atoms with van der Waals surface area (Å²) in [6.07, 6.45) is 6.38. The average molecular weight is 236 g/mol. The normalized spacial score (nSPS) is 16.3. The van der Waals surface area contributed by atoms with Gasteiger partial charge in [-0.05, 0) is 56.6 Å². The Hall–Kier alpha value is -0.890. The molecule has 0 aliphatic carbocycles. The van der Waals surface area contributed by atoms with Gasteiger partial charge in [0.2, 0.25) is 0 Å². The first-order chi connectivity index (χ1) is 8.36. The third-order valence-corrected chi connectivity index (χ3v) is 2.90. The monoisotopic (exact) mass is 236 g/mol. The van der Waals surface area contributed by atoms with Crippen LogP contribution >= 0.6 is 0 Å². The summed E-state index contributed by atoms with van der Waals surface area (Å²) in [5.74, 6) is 0.763. The first-order valence-electron chi connectivity index (χ1n) is 6.95. The van der Waals surface area contributed by atoms with Crippen LogP contribution in [0.4, 0.5) is 0 Å². The minimum Gasteiger partial charge on any atom is -0.306 e. The number of pyridine rings is 1. The van der Waals surface area contributed by atoms with Crippen LogP contribution in [0.25, 0.3) is 0 Å². The molecule has 0 atom stereocenters. The number of nitrogens with zero attached hydrogens (tertiary/aromatic N) is 2. The molecule has 1 aliphatic heterocycles. The summed E-state index contributed by atoms with van der Waals surface area (Å²) in [5.41, 5.74) is 1.46. The molecule has 1 aromatic rings. The minimum atomic E-state index is 0.763. The van der Waals surface area contributed by atoms with Gasteiger partial charge < -0.3 is 4.90 Å². The van der Waals surface area contributed by atoms with Crippen LogP contribution in [0.3, 0.4) is 0 Å². The fourth-order valence-corrected chi connectivity index (χ4v) is 1.98. The molecule has 0 aromatic carbocycles. The molecule has 98 valence electrons. The van der Waals surface area contributed by atoms with E-state index in [0.717, 1.165) is 5.92 Å². The van der Waals surface area contributed by atoms with Gasteiger partial charge in [-0.1, -0.05) is 27.7 Å². The van der Waals surface area contributed by atoms with E-state index in [1.807, 2.05) is 40.1 Å². The van der Waals surface area contributed by atoms with E-state index in [9.17, 15) is 0 Å². The molecule has 1 saturated heterocycles. The van der Waals surface area contributed by atoms with Crippen LogP contribution in [0, 0.1) is 0 Å². The maximum atomic E-state index is 4.04. The first-order valence-corrected chi connectivity index (χ1v) is 6.95. The second kappa shape index (κ2) is 10.3. The van der Waals surface area contributed by atoms with Gasteiger partial charge in [-0.2, -0.15) is 0 Å². The smallest absolute Gasteiger partial charge is 0.0270 e. The van der Waals surface area contributed by atoms with E-state index in [0.29, 0.717) is 0 Å². The minimum absolute atomic E-state index is 0.763. The van der Waals surface area contributed by atoms with Gasteiger partial charge in [-0.25, -0.2) is 0 Å². The zero-order valence-corrected chi connectivity index (χ0v) is 12.1.